The van der Waals surface area contributed by atoms with Gasteiger partial charge in [-0.3, -0.25) is 4.72 Å². The Balaban J connectivity index is 2.38. The van der Waals surface area contributed by atoms with Crippen molar-refractivity contribution in [1.29, 1.82) is 0 Å². The van der Waals surface area contributed by atoms with Crippen molar-refractivity contribution < 1.29 is 8.42 Å². The highest BCUT2D eigenvalue weighted by atomic mass is 79.9. The van der Waals surface area contributed by atoms with Crippen molar-refractivity contribution in [3.8, 4) is 0 Å². The molecule has 3 N–H and O–H groups in total. The Morgan fingerprint density at radius 1 is 1.10 bits per heavy atom. The molecule has 8 heteroatoms. The lowest BCUT2D eigenvalue weighted by atomic mass is 10.3. The molecular formula is C12H9BrCl2N2O2S. The van der Waals surface area contributed by atoms with Crippen molar-refractivity contribution in [3.05, 3.63) is 50.9 Å². The Hall–Kier alpha value is -0.950. The monoisotopic (exact) mass is 394 g/mol. The molecule has 0 bridgehead atoms. The Morgan fingerprint density at radius 2 is 1.70 bits per heavy atom. The molecule has 2 aromatic carbocycles. The first-order valence-corrected chi connectivity index (χ1v) is 8.36. The molecule has 106 valence electrons. The summed E-state index contributed by atoms with van der Waals surface area (Å²) in [4.78, 5) is 0.121. The molecule has 0 aliphatic rings. The number of nitrogens with two attached hydrogens (primary N) is 1. The van der Waals surface area contributed by atoms with E-state index in [1.165, 1.54) is 24.3 Å². The predicted molar refractivity (Wildman–Crippen MR) is 85.8 cm³/mol. The number of anilines is 2. The number of sulfonamides is 1. The van der Waals surface area contributed by atoms with Gasteiger partial charge in [-0.25, -0.2) is 8.42 Å². The van der Waals surface area contributed by atoms with Crippen LogP contribution in [-0.4, -0.2) is 8.42 Å². The molecule has 0 fully saturated rings. The molecular weight excluding hydrogens is 387 g/mol. The van der Waals surface area contributed by atoms with Gasteiger partial charge in [0, 0.05) is 4.47 Å². The zero-order valence-corrected chi connectivity index (χ0v) is 13.8. The Morgan fingerprint density at radius 3 is 2.25 bits per heavy atom. The van der Waals surface area contributed by atoms with Gasteiger partial charge >= 0.3 is 0 Å². The molecule has 0 atom stereocenters. The van der Waals surface area contributed by atoms with Crippen LogP contribution in [0, 0.1) is 0 Å². The fourth-order valence-corrected chi connectivity index (χ4v) is 3.62. The molecule has 2 aromatic rings. The predicted octanol–water partition coefficient (Wildman–Crippen LogP) is 4.14. The van der Waals surface area contributed by atoms with E-state index in [2.05, 4.69) is 20.7 Å². The summed E-state index contributed by atoms with van der Waals surface area (Å²) in [6.07, 6.45) is 0. The summed E-state index contributed by atoms with van der Waals surface area (Å²) in [5.41, 5.74) is 6.05. The van der Waals surface area contributed by atoms with E-state index in [1.807, 2.05) is 0 Å². The van der Waals surface area contributed by atoms with Crippen LogP contribution >= 0.6 is 39.1 Å². The van der Waals surface area contributed by atoms with Crippen molar-refractivity contribution in [1.82, 2.24) is 0 Å². The van der Waals surface area contributed by atoms with Crippen molar-refractivity contribution in [3.63, 3.8) is 0 Å². The van der Waals surface area contributed by atoms with Crippen molar-refractivity contribution >= 4 is 60.5 Å². The SMILES string of the molecule is Nc1c(Cl)cc(NS(=O)(=O)c2cccc(Br)c2)cc1Cl. The van der Waals surface area contributed by atoms with Crippen LogP contribution in [0.25, 0.3) is 0 Å². The summed E-state index contributed by atoms with van der Waals surface area (Å²) >= 11 is 15.0. The number of nitrogens with one attached hydrogen (secondary N) is 1. The topological polar surface area (TPSA) is 72.2 Å². The second-order valence-corrected chi connectivity index (χ2v) is 7.33. The Bertz CT molecular complexity index is 743. The van der Waals surface area contributed by atoms with E-state index in [1.54, 1.807) is 12.1 Å². The lowest BCUT2D eigenvalue weighted by Gasteiger charge is -2.10. The number of nitrogen functional groups attached to an aromatic ring is 1. The van der Waals surface area contributed by atoms with Crippen molar-refractivity contribution in [2.45, 2.75) is 4.90 Å². The first-order chi connectivity index (χ1) is 9.29. The fourth-order valence-electron chi connectivity index (χ4n) is 1.49. The molecule has 0 heterocycles. The Kier molecular flexibility index (Phi) is 4.49. The number of rotatable bonds is 3. The molecule has 2 rings (SSSR count). The highest BCUT2D eigenvalue weighted by Gasteiger charge is 2.16. The molecule has 0 radical (unpaired) electrons. The second-order valence-electron chi connectivity index (χ2n) is 3.92. The quantitative estimate of drug-likeness (QED) is 0.767. The molecule has 0 aromatic heterocycles. The first-order valence-electron chi connectivity index (χ1n) is 5.32. The highest BCUT2D eigenvalue weighted by molar-refractivity contribution is 9.10. The average Bonchev–Trinajstić information content (AvgIpc) is 2.35. The van der Waals surface area contributed by atoms with Crippen LogP contribution in [0.1, 0.15) is 0 Å². The minimum absolute atomic E-state index is 0.121. The maximum atomic E-state index is 12.2. The van der Waals surface area contributed by atoms with Crippen LogP contribution in [0.2, 0.25) is 10.0 Å². The first kappa shape index (κ1) is 15.4. The van der Waals surface area contributed by atoms with Gasteiger partial charge < -0.3 is 5.73 Å². The van der Waals surface area contributed by atoms with Gasteiger partial charge in [0.1, 0.15) is 0 Å². The van der Waals surface area contributed by atoms with Crippen LogP contribution < -0.4 is 10.5 Å². The van der Waals surface area contributed by atoms with Gasteiger partial charge in [0.05, 0.1) is 26.3 Å². The van der Waals surface area contributed by atoms with Gasteiger partial charge in [0.2, 0.25) is 0 Å². The molecule has 0 spiro atoms. The number of benzene rings is 2. The van der Waals surface area contributed by atoms with Crippen LogP contribution in [-0.2, 0) is 10.0 Å². The standard InChI is InChI=1S/C12H9BrCl2N2O2S/c13-7-2-1-3-9(4-7)20(18,19)17-8-5-10(14)12(16)11(15)6-8/h1-6,17H,16H2. The van der Waals surface area contributed by atoms with E-state index >= 15 is 0 Å². The summed E-state index contributed by atoms with van der Waals surface area (Å²) < 4.78 is 27.5. The van der Waals surface area contributed by atoms with Gasteiger partial charge in [0.15, 0.2) is 0 Å². The smallest absolute Gasteiger partial charge is 0.261 e. The lowest BCUT2D eigenvalue weighted by Crippen LogP contribution is -2.13. The van der Waals surface area contributed by atoms with Gasteiger partial charge in [-0.15, -0.1) is 0 Å². The van der Waals surface area contributed by atoms with Crippen LogP contribution in [0.15, 0.2) is 45.8 Å². The van der Waals surface area contributed by atoms with Crippen LogP contribution in [0.4, 0.5) is 11.4 Å². The molecule has 0 saturated heterocycles. The van der Waals surface area contributed by atoms with Gasteiger partial charge in [0.25, 0.3) is 10.0 Å². The van der Waals surface area contributed by atoms with Crippen LogP contribution in [0.3, 0.4) is 0 Å². The zero-order valence-electron chi connectivity index (χ0n) is 9.90. The van der Waals surface area contributed by atoms with Gasteiger partial charge in [-0.05, 0) is 30.3 Å². The molecule has 4 nitrogen and oxygen atoms in total. The molecule has 0 saturated carbocycles. The van der Waals surface area contributed by atoms with E-state index in [4.69, 9.17) is 28.9 Å². The fraction of sp³-hybridized carbons (Fsp3) is 0. The minimum Gasteiger partial charge on any atom is -0.396 e. The zero-order chi connectivity index (χ0) is 14.9. The normalized spacial score (nSPS) is 11.3. The summed E-state index contributed by atoms with van der Waals surface area (Å²) in [6, 6.07) is 9.13. The molecule has 0 aliphatic heterocycles. The molecule has 0 unspecified atom stereocenters. The lowest BCUT2D eigenvalue weighted by molar-refractivity contribution is 0.601. The van der Waals surface area contributed by atoms with Gasteiger partial charge in [-0.1, -0.05) is 45.2 Å². The number of hydrogen-bond donors (Lipinski definition) is 2. The van der Waals surface area contributed by atoms with E-state index in [9.17, 15) is 8.42 Å². The number of halogens is 3. The summed E-state index contributed by atoms with van der Waals surface area (Å²) in [6.45, 7) is 0. The maximum absolute atomic E-state index is 12.2. The Labute approximate surface area is 135 Å². The van der Waals surface area contributed by atoms with Gasteiger partial charge in [-0.2, -0.15) is 0 Å². The maximum Gasteiger partial charge on any atom is 0.261 e. The summed E-state index contributed by atoms with van der Waals surface area (Å²) in [5, 5.41) is 0.369. The summed E-state index contributed by atoms with van der Waals surface area (Å²) in [5.74, 6) is 0. The van der Waals surface area contributed by atoms with E-state index in [0.717, 1.165) is 0 Å². The van der Waals surface area contributed by atoms with E-state index in [0.29, 0.717) is 4.47 Å². The second kappa shape index (κ2) is 5.81. The van der Waals surface area contributed by atoms with E-state index in [-0.39, 0.29) is 26.3 Å². The largest absolute Gasteiger partial charge is 0.396 e. The summed E-state index contributed by atoms with van der Waals surface area (Å²) in [7, 11) is -3.72. The third-order valence-corrected chi connectivity index (χ3v) is 4.94. The third kappa shape index (κ3) is 3.38. The van der Waals surface area contributed by atoms with Crippen molar-refractivity contribution in [2.24, 2.45) is 0 Å². The molecule has 0 amide bonds. The highest BCUT2D eigenvalue weighted by Crippen LogP contribution is 2.32. The van der Waals surface area contributed by atoms with Crippen molar-refractivity contribution in [2.75, 3.05) is 10.5 Å². The van der Waals surface area contributed by atoms with E-state index < -0.39 is 10.0 Å². The minimum atomic E-state index is -3.72. The number of hydrogen-bond acceptors (Lipinski definition) is 3. The average molecular weight is 396 g/mol. The molecule has 0 aliphatic carbocycles. The molecule has 20 heavy (non-hydrogen) atoms. The van der Waals surface area contributed by atoms with Crippen LogP contribution in [0.5, 0.6) is 0 Å². The third-order valence-electron chi connectivity index (χ3n) is 2.44.